The Morgan fingerprint density at radius 3 is 2.74 bits per heavy atom. The van der Waals surface area contributed by atoms with Gasteiger partial charge in [0, 0.05) is 11.4 Å². The van der Waals surface area contributed by atoms with E-state index in [1.54, 1.807) is 0 Å². The molecule has 126 valence electrons. The Bertz CT molecular complexity index is 605. The average molecular weight is 341 g/mol. The standard InChI is InChI=1S/C14H19N3O5S/c1-6(18)9-12(20)17-10(14(21)22)8(23-13(9)17)5-16-4-2-3-7(16)11(15)19/h6-7,9,13,18H,2-5H2,1H3,(H2,15,19)(H,21,22)/t6-,7-,9+,13-/m1/s1. The van der Waals surface area contributed by atoms with E-state index < -0.39 is 29.9 Å². The van der Waals surface area contributed by atoms with Gasteiger partial charge in [0.25, 0.3) is 0 Å². The van der Waals surface area contributed by atoms with E-state index in [0.717, 1.165) is 6.42 Å². The Kier molecular flexibility index (Phi) is 4.11. The Labute approximate surface area is 137 Å². The lowest BCUT2D eigenvalue weighted by molar-refractivity contribution is -0.156. The van der Waals surface area contributed by atoms with Gasteiger partial charge in [-0.3, -0.25) is 19.4 Å². The zero-order valence-electron chi connectivity index (χ0n) is 12.6. The first-order valence-corrected chi connectivity index (χ1v) is 8.38. The van der Waals surface area contributed by atoms with E-state index >= 15 is 0 Å². The number of rotatable bonds is 5. The molecule has 0 aromatic heterocycles. The number of primary amides is 1. The van der Waals surface area contributed by atoms with Gasteiger partial charge in [0.15, 0.2) is 0 Å². The summed E-state index contributed by atoms with van der Waals surface area (Å²) < 4.78 is 0. The molecule has 2 fully saturated rings. The number of nitrogens with two attached hydrogens (primary N) is 1. The molecule has 9 heteroatoms. The first-order chi connectivity index (χ1) is 10.8. The summed E-state index contributed by atoms with van der Waals surface area (Å²) in [6.07, 6.45) is 0.671. The Hall–Kier alpha value is -1.58. The van der Waals surface area contributed by atoms with Crippen LogP contribution in [0.25, 0.3) is 0 Å². The molecule has 0 aromatic rings. The van der Waals surface area contributed by atoms with Gasteiger partial charge in [0.2, 0.25) is 11.8 Å². The van der Waals surface area contributed by atoms with Crippen LogP contribution in [0.3, 0.4) is 0 Å². The SMILES string of the molecule is C[C@@H](O)[C@H]1C(=O)N2C(C(=O)O)=C(CN3CCC[C@@H]3C(N)=O)S[C@H]12. The normalized spacial score (nSPS) is 32.0. The smallest absolute Gasteiger partial charge is 0.353 e. The third-order valence-electron chi connectivity index (χ3n) is 4.61. The molecule has 0 radical (unpaired) electrons. The van der Waals surface area contributed by atoms with Crippen molar-refractivity contribution in [3.8, 4) is 0 Å². The molecule has 3 aliphatic heterocycles. The van der Waals surface area contributed by atoms with Crippen molar-refractivity contribution in [3.05, 3.63) is 10.6 Å². The highest BCUT2D eigenvalue weighted by Gasteiger charge is 2.57. The first kappa shape index (κ1) is 16.3. The van der Waals surface area contributed by atoms with Gasteiger partial charge in [-0.1, -0.05) is 0 Å². The van der Waals surface area contributed by atoms with Crippen LogP contribution >= 0.6 is 11.8 Å². The molecule has 23 heavy (non-hydrogen) atoms. The lowest BCUT2D eigenvalue weighted by Gasteiger charge is -2.43. The fourth-order valence-electron chi connectivity index (χ4n) is 3.49. The van der Waals surface area contributed by atoms with Crippen molar-refractivity contribution in [2.24, 2.45) is 11.7 Å². The quantitative estimate of drug-likeness (QED) is 0.556. The van der Waals surface area contributed by atoms with Crippen LogP contribution in [0, 0.1) is 5.92 Å². The largest absolute Gasteiger partial charge is 0.477 e. The maximum absolute atomic E-state index is 12.1. The van der Waals surface area contributed by atoms with Crippen LogP contribution in [0.15, 0.2) is 10.6 Å². The molecule has 2 amide bonds. The van der Waals surface area contributed by atoms with E-state index in [-0.39, 0.29) is 23.5 Å². The predicted octanol–water partition coefficient (Wildman–Crippen LogP) is -0.856. The Balaban J connectivity index is 1.83. The highest BCUT2D eigenvalue weighted by Crippen LogP contribution is 2.50. The highest BCUT2D eigenvalue weighted by atomic mass is 32.2. The maximum Gasteiger partial charge on any atom is 0.353 e. The number of β-lactam (4-membered cyclic amide) rings is 1. The van der Waals surface area contributed by atoms with Gasteiger partial charge < -0.3 is 15.9 Å². The van der Waals surface area contributed by atoms with Crippen LogP contribution in [-0.2, 0) is 14.4 Å². The number of hydrogen-bond acceptors (Lipinski definition) is 6. The molecule has 3 heterocycles. The second-order valence-electron chi connectivity index (χ2n) is 6.09. The summed E-state index contributed by atoms with van der Waals surface area (Å²) in [6.45, 7) is 2.48. The molecule has 0 spiro atoms. The molecule has 3 rings (SSSR count). The number of fused-ring (bicyclic) bond motifs is 1. The lowest BCUT2D eigenvalue weighted by atomic mass is 9.92. The van der Waals surface area contributed by atoms with Crippen molar-refractivity contribution in [1.82, 2.24) is 9.80 Å². The summed E-state index contributed by atoms with van der Waals surface area (Å²) in [5, 5.41) is 18.8. The number of nitrogens with zero attached hydrogens (tertiary/aromatic N) is 2. The van der Waals surface area contributed by atoms with Gasteiger partial charge in [-0.25, -0.2) is 4.79 Å². The van der Waals surface area contributed by atoms with Crippen LogP contribution in [0.2, 0.25) is 0 Å². The van der Waals surface area contributed by atoms with Gasteiger partial charge in [-0.05, 0) is 26.3 Å². The minimum absolute atomic E-state index is 0.0305. The second kappa shape index (κ2) is 5.81. The fourth-order valence-corrected chi connectivity index (χ4v) is 5.12. The molecule has 0 aliphatic carbocycles. The number of carboxylic acids is 1. The molecule has 4 atom stereocenters. The predicted molar refractivity (Wildman–Crippen MR) is 81.8 cm³/mol. The molecule has 0 bridgehead atoms. The van der Waals surface area contributed by atoms with Gasteiger partial charge in [0.1, 0.15) is 11.1 Å². The summed E-state index contributed by atoms with van der Waals surface area (Å²) in [7, 11) is 0. The van der Waals surface area contributed by atoms with Crippen molar-refractivity contribution in [2.75, 3.05) is 13.1 Å². The van der Waals surface area contributed by atoms with Crippen LogP contribution in [0.5, 0.6) is 0 Å². The minimum atomic E-state index is -1.16. The molecule has 2 saturated heterocycles. The number of likely N-dealkylation sites (tertiary alicyclic amines) is 1. The summed E-state index contributed by atoms with van der Waals surface area (Å²) in [4.78, 5) is 38.8. The number of aliphatic carboxylic acids is 1. The van der Waals surface area contributed by atoms with E-state index in [2.05, 4.69) is 0 Å². The van der Waals surface area contributed by atoms with Gasteiger partial charge in [-0.2, -0.15) is 0 Å². The summed E-state index contributed by atoms with van der Waals surface area (Å²) in [5.74, 6) is -2.53. The molecule has 3 aliphatic rings. The maximum atomic E-state index is 12.1. The average Bonchev–Trinajstić information content (AvgIpc) is 3.01. The third-order valence-corrected chi connectivity index (χ3v) is 5.97. The Morgan fingerprint density at radius 2 is 2.17 bits per heavy atom. The number of hydrogen-bond donors (Lipinski definition) is 3. The van der Waals surface area contributed by atoms with Gasteiger partial charge in [-0.15, -0.1) is 11.8 Å². The van der Waals surface area contributed by atoms with Crippen LogP contribution in [-0.4, -0.2) is 68.4 Å². The molecular formula is C14H19N3O5S. The summed E-state index contributed by atoms with van der Waals surface area (Å²) in [6, 6.07) is -0.394. The molecule has 0 unspecified atom stereocenters. The minimum Gasteiger partial charge on any atom is -0.477 e. The molecular weight excluding hydrogens is 322 g/mol. The number of carbonyl (C=O) groups excluding carboxylic acids is 2. The molecule has 0 saturated carbocycles. The van der Waals surface area contributed by atoms with Crippen molar-refractivity contribution in [1.29, 1.82) is 0 Å². The second-order valence-corrected chi connectivity index (χ2v) is 7.30. The lowest BCUT2D eigenvalue weighted by Crippen LogP contribution is -2.60. The topological polar surface area (TPSA) is 124 Å². The van der Waals surface area contributed by atoms with Crippen molar-refractivity contribution < 1.29 is 24.6 Å². The van der Waals surface area contributed by atoms with E-state index in [1.807, 2.05) is 4.90 Å². The first-order valence-electron chi connectivity index (χ1n) is 7.50. The zero-order chi connectivity index (χ0) is 16.9. The van der Waals surface area contributed by atoms with Crippen LogP contribution in [0.1, 0.15) is 19.8 Å². The number of carbonyl (C=O) groups is 3. The van der Waals surface area contributed by atoms with Crippen molar-refractivity contribution in [2.45, 2.75) is 37.3 Å². The van der Waals surface area contributed by atoms with Crippen molar-refractivity contribution >= 4 is 29.5 Å². The number of aliphatic hydroxyl groups is 1. The number of amides is 2. The van der Waals surface area contributed by atoms with Crippen LogP contribution < -0.4 is 5.73 Å². The highest BCUT2D eigenvalue weighted by molar-refractivity contribution is 8.04. The number of thioether (sulfide) groups is 1. The van der Waals surface area contributed by atoms with Gasteiger partial charge >= 0.3 is 5.97 Å². The zero-order valence-corrected chi connectivity index (χ0v) is 13.5. The molecule has 8 nitrogen and oxygen atoms in total. The Morgan fingerprint density at radius 1 is 1.48 bits per heavy atom. The van der Waals surface area contributed by atoms with E-state index in [4.69, 9.17) is 5.73 Å². The van der Waals surface area contributed by atoms with E-state index in [0.29, 0.717) is 17.9 Å². The third kappa shape index (κ3) is 2.52. The monoisotopic (exact) mass is 341 g/mol. The van der Waals surface area contributed by atoms with E-state index in [1.165, 1.54) is 23.6 Å². The number of carboxylic acid groups (broad SMARTS) is 1. The van der Waals surface area contributed by atoms with Gasteiger partial charge in [0.05, 0.1) is 18.1 Å². The van der Waals surface area contributed by atoms with Crippen LogP contribution in [0.4, 0.5) is 0 Å². The van der Waals surface area contributed by atoms with Crippen molar-refractivity contribution in [3.63, 3.8) is 0 Å². The molecule has 4 N–H and O–H groups in total. The summed E-state index contributed by atoms with van der Waals surface area (Å²) >= 11 is 1.29. The number of aliphatic hydroxyl groups excluding tert-OH is 1. The molecule has 0 aromatic carbocycles. The fraction of sp³-hybridized carbons (Fsp3) is 0.643. The van der Waals surface area contributed by atoms with E-state index in [9.17, 15) is 24.6 Å². The summed E-state index contributed by atoms with van der Waals surface area (Å²) in [5.41, 5.74) is 5.36.